The normalized spacial score (nSPS) is 21.5. The molecule has 0 radical (unpaired) electrons. The Hall–Kier alpha value is -2.02. The lowest BCUT2D eigenvalue weighted by Crippen LogP contribution is -2.34. The monoisotopic (exact) mass is 519 g/mol. The number of nitrogens with zero attached hydrogens (tertiary/aromatic N) is 1. The first-order valence-corrected chi connectivity index (χ1v) is 14.5. The number of hydrogen-bond donors (Lipinski definition) is 3. The summed E-state index contributed by atoms with van der Waals surface area (Å²) in [6, 6.07) is -0.528. The molecule has 0 amide bonds. The van der Waals surface area contributed by atoms with Crippen molar-refractivity contribution in [2.75, 3.05) is 35.7 Å². The molecule has 1 aromatic rings. The van der Waals surface area contributed by atoms with E-state index in [9.17, 15) is 21.9 Å². The summed E-state index contributed by atoms with van der Waals surface area (Å²) in [6.07, 6.45) is 11.2. The van der Waals surface area contributed by atoms with Crippen LogP contribution in [-0.4, -0.2) is 53.4 Å². The smallest absolute Gasteiger partial charge is 0.244 e. The van der Waals surface area contributed by atoms with Crippen molar-refractivity contribution in [3.8, 4) is 0 Å². The zero-order valence-electron chi connectivity index (χ0n) is 18.8. The van der Waals surface area contributed by atoms with Crippen molar-refractivity contribution in [2.45, 2.75) is 60.8 Å². The highest BCUT2D eigenvalue weighted by atomic mass is 32.2. The van der Waals surface area contributed by atoms with E-state index in [2.05, 4.69) is 5.32 Å². The molecule has 34 heavy (non-hydrogen) atoms. The number of halogens is 2. The predicted octanol–water partition coefficient (Wildman–Crippen LogP) is 2.84. The fourth-order valence-electron chi connectivity index (χ4n) is 4.29. The Kier molecular flexibility index (Phi) is 8.72. The van der Waals surface area contributed by atoms with E-state index in [4.69, 9.17) is 5.14 Å². The van der Waals surface area contributed by atoms with Crippen LogP contribution in [-0.2, 0) is 19.9 Å². The summed E-state index contributed by atoms with van der Waals surface area (Å²) in [4.78, 5) is -0.539. The third-order valence-electron chi connectivity index (χ3n) is 5.89. The number of sulfone groups is 1. The van der Waals surface area contributed by atoms with Gasteiger partial charge >= 0.3 is 0 Å². The predicted molar refractivity (Wildman–Crippen MR) is 127 cm³/mol. The maximum Gasteiger partial charge on any atom is 0.244 e. The number of nitrogens with two attached hydrogens (primary N) is 1. The van der Waals surface area contributed by atoms with Crippen molar-refractivity contribution in [1.29, 1.82) is 0 Å². The molecule has 0 bridgehead atoms. The van der Waals surface area contributed by atoms with Gasteiger partial charge in [0.25, 0.3) is 0 Å². The number of rotatable bonds is 8. The molecule has 1 heterocycles. The molecular weight excluding hydrogens is 488 g/mol. The van der Waals surface area contributed by atoms with Gasteiger partial charge in [-0.05, 0) is 44.9 Å². The van der Waals surface area contributed by atoms with Crippen LogP contribution in [0.5, 0.6) is 0 Å². The lowest BCUT2D eigenvalue weighted by molar-refractivity contribution is 0.295. The Labute approximate surface area is 199 Å². The highest BCUT2D eigenvalue weighted by Gasteiger charge is 2.38. The van der Waals surface area contributed by atoms with E-state index >= 15 is 8.78 Å². The van der Waals surface area contributed by atoms with Crippen molar-refractivity contribution in [3.63, 3.8) is 0 Å². The van der Waals surface area contributed by atoms with Crippen LogP contribution in [0, 0.1) is 11.6 Å². The summed E-state index contributed by atoms with van der Waals surface area (Å²) in [5.74, 6) is -3.63. The van der Waals surface area contributed by atoms with Crippen molar-refractivity contribution in [3.05, 3.63) is 35.9 Å². The molecule has 2 aliphatic rings. The standard InChI is InChI=1S/C22H31F2N3O5S2/c23-17-19(26-16-10-5-2-1-3-6-11-16)22(33(29,30)15-9-14-28)20(27-12-7-4-8-13-27)18(24)21(17)34(25,31)32/h1-2,6,11,16,26,28H,3-5,7-10,12-15H2,(H2,25,31,32)/b2-1-,11-6-/t16-/m1/s1. The van der Waals surface area contributed by atoms with E-state index in [1.165, 1.54) is 4.90 Å². The Morgan fingerprint density at radius 1 is 1.03 bits per heavy atom. The molecular formula is C22H31F2N3O5S2. The number of aliphatic hydroxyl groups is 1. The second-order valence-electron chi connectivity index (χ2n) is 8.46. The van der Waals surface area contributed by atoms with Gasteiger partial charge in [0.05, 0.1) is 17.1 Å². The van der Waals surface area contributed by atoms with Gasteiger partial charge in [-0.25, -0.2) is 30.8 Å². The van der Waals surface area contributed by atoms with Gasteiger partial charge < -0.3 is 15.3 Å². The Bertz CT molecular complexity index is 1160. The maximum atomic E-state index is 15.7. The number of allylic oxidation sites excluding steroid dienone is 3. The number of sulfonamides is 1. The molecule has 1 atom stereocenters. The van der Waals surface area contributed by atoms with E-state index in [1.54, 1.807) is 6.08 Å². The second kappa shape index (κ2) is 11.1. The van der Waals surface area contributed by atoms with Crippen molar-refractivity contribution < 1.29 is 30.7 Å². The average Bonchev–Trinajstić information content (AvgIpc) is 2.75. The minimum atomic E-state index is -4.86. The number of benzene rings is 1. The highest BCUT2D eigenvalue weighted by molar-refractivity contribution is 7.91. The summed E-state index contributed by atoms with van der Waals surface area (Å²) < 4.78 is 82.6. The molecule has 3 rings (SSSR count). The third kappa shape index (κ3) is 5.96. The van der Waals surface area contributed by atoms with Crippen LogP contribution in [0.2, 0.25) is 0 Å². The van der Waals surface area contributed by atoms with E-state index in [0.717, 1.165) is 6.42 Å². The number of piperidine rings is 1. The topological polar surface area (TPSA) is 130 Å². The van der Waals surface area contributed by atoms with Crippen LogP contribution in [0.4, 0.5) is 20.2 Å². The van der Waals surface area contributed by atoms with Crippen LogP contribution in [0.25, 0.3) is 0 Å². The Morgan fingerprint density at radius 2 is 1.74 bits per heavy atom. The van der Waals surface area contributed by atoms with Crippen molar-refractivity contribution in [2.24, 2.45) is 5.14 Å². The lowest BCUT2D eigenvalue weighted by atomic mass is 10.1. The highest BCUT2D eigenvalue weighted by Crippen LogP contribution is 2.43. The van der Waals surface area contributed by atoms with Crippen LogP contribution < -0.4 is 15.4 Å². The fourth-order valence-corrected chi connectivity index (χ4v) is 6.67. The zero-order valence-corrected chi connectivity index (χ0v) is 20.5. The molecule has 12 heteroatoms. The van der Waals surface area contributed by atoms with Gasteiger partial charge in [-0.2, -0.15) is 0 Å². The first kappa shape index (κ1) is 26.6. The number of primary sulfonamides is 1. The van der Waals surface area contributed by atoms with Crippen molar-refractivity contribution in [1.82, 2.24) is 0 Å². The van der Waals surface area contributed by atoms with Gasteiger partial charge in [0.2, 0.25) is 10.0 Å². The van der Waals surface area contributed by atoms with Gasteiger partial charge in [0.15, 0.2) is 26.4 Å². The molecule has 1 fully saturated rings. The molecule has 1 aromatic carbocycles. The van der Waals surface area contributed by atoms with Crippen LogP contribution in [0.15, 0.2) is 34.1 Å². The summed E-state index contributed by atoms with van der Waals surface area (Å²) in [5, 5.41) is 17.2. The van der Waals surface area contributed by atoms with E-state index in [-0.39, 0.29) is 19.5 Å². The Balaban J connectivity index is 2.32. The van der Waals surface area contributed by atoms with E-state index in [1.807, 2.05) is 18.2 Å². The van der Waals surface area contributed by atoms with Gasteiger partial charge in [-0.15, -0.1) is 0 Å². The summed E-state index contributed by atoms with van der Waals surface area (Å²) in [6.45, 7) is 0.129. The molecule has 1 saturated heterocycles. The summed E-state index contributed by atoms with van der Waals surface area (Å²) in [7, 11) is -9.19. The van der Waals surface area contributed by atoms with Crippen LogP contribution >= 0.6 is 0 Å². The number of aliphatic hydroxyl groups excluding tert-OH is 1. The SMILES string of the molecule is NS(=O)(=O)c1c(F)c(N[C@H]2/C=C\C/C=C\CC2)c(S(=O)(=O)CCCO)c(N2CCCCC2)c1F. The maximum absolute atomic E-state index is 15.7. The minimum absolute atomic E-state index is 0.143. The van der Waals surface area contributed by atoms with Crippen molar-refractivity contribution >= 4 is 31.2 Å². The molecule has 1 aliphatic heterocycles. The number of nitrogens with one attached hydrogen (secondary N) is 1. The molecule has 190 valence electrons. The lowest BCUT2D eigenvalue weighted by Gasteiger charge is -2.33. The molecule has 0 aromatic heterocycles. The molecule has 4 N–H and O–H groups in total. The van der Waals surface area contributed by atoms with Crippen LogP contribution in [0.3, 0.4) is 0 Å². The van der Waals surface area contributed by atoms with Gasteiger partial charge in [0.1, 0.15) is 4.90 Å². The van der Waals surface area contributed by atoms with E-state index in [0.29, 0.717) is 32.1 Å². The van der Waals surface area contributed by atoms with Gasteiger partial charge in [-0.3, -0.25) is 0 Å². The zero-order chi connectivity index (χ0) is 24.9. The average molecular weight is 520 g/mol. The first-order chi connectivity index (χ1) is 16.1. The quantitative estimate of drug-likeness (QED) is 0.450. The number of hydrogen-bond acceptors (Lipinski definition) is 7. The fraction of sp³-hybridized carbons (Fsp3) is 0.545. The molecule has 0 saturated carbocycles. The second-order valence-corrected chi connectivity index (χ2v) is 12.0. The largest absolute Gasteiger partial charge is 0.396 e. The molecule has 0 spiro atoms. The first-order valence-electron chi connectivity index (χ1n) is 11.3. The number of anilines is 2. The Morgan fingerprint density at radius 3 is 2.38 bits per heavy atom. The molecule has 1 aliphatic carbocycles. The summed E-state index contributed by atoms with van der Waals surface area (Å²) >= 11 is 0. The van der Waals surface area contributed by atoms with Gasteiger partial charge in [0, 0.05) is 25.7 Å². The van der Waals surface area contributed by atoms with Gasteiger partial charge in [-0.1, -0.05) is 24.3 Å². The van der Waals surface area contributed by atoms with Crippen LogP contribution in [0.1, 0.15) is 44.9 Å². The third-order valence-corrected chi connectivity index (χ3v) is 8.66. The minimum Gasteiger partial charge on any atom is -0.396 e. The van der Waals surface area contributed by atoms with E-state index < -0.39 is 71.1 Å². The summed E-state index contributed by atoms with van der Waals surface area (Å²) in [5.41, 5.74) is -1.09. The molecule has 8 nitrogen and oxygen atoms in total. The molecule has 0 unspecified atom stereocenters.